The fraction of sp³-hybridized carbons (Fsp3) is 0.455. The quantitative estimate of drug-likeness (QED) is 0.575. The van der Waals surface area contributed by atoms with Crippen LogP contribution in [0.25, 0.3) is 0 Å². The molecule has 1 aliphatic rings. The van der Waals surface area contributed by atoms with Gasteiger partial charge in [-0.15, -0.1) is 11.3 Å². The molecule has 0 bridgehead atoms. The van der Waals surface area contributed by atoms with Crippen LogP contribution in [0.5, 0.6) is 5.75 Å². The number of ether oxygens (including phenoxy) is 3. The van der Waals surface area contributed by atoms with Crippen molar-refractivity contribution in [1.29, 1.82) is 0 Å². The van der Waals surface area contributed by atoms with Gasteiger partial charge in [0.25, 0.3) is 5.91 Å². The van der Waals surface area contributed by atoms with Gasteiger partial charge in [-0.25, -0.2) is 9.78 Å². The first-order valence-corrected chi connectivity index (χ1v) is 11.1. The second-order valence-corrected chi connectivity index (χ2v) is 8.22. The smallest absolute Gasteiger partial charge is 0.338 e. The van der Waals surface area contributed by atoms with E-state index in [2.05, 4.69) is 4.98 Å². The molecule has 0 unspecified atom stereocenters. The number of likely N-dealkylation sites (tertiary alicyclic amines) is 1. The van der Waals surface area contributed by atoms with E-state index in [1.54, 1.807) is 47.4 Å². The van der Waals surface area contributed by atoms with Crippen LogP contribution in [0.3, 0.4) is 0 Å². The van der Waals surface area contributed by atoms with Crippen LogP contribution in [0.1, 0.15) is 40.8 Å². The number of hydrogen-bond acceptors (Lipinski definition) is 8. The molecule has 2 aromatic rings. The molecule has 0 spiro atoms. The highest BCUT2D eigenvalue weighted by molar-refractivity contribution is 7.09. The number of benzene rings is 1. The first-order valence-electron chi connectivity index (χ1n) is 10.2. The lowest BCUT2D eigenvalue weighted by molar-refractivity contribution is -0.151. The van der Waals surface area contributed by atoms with Gasteiger partial charge in [0.1, 0.15) is 12.4 Å². The van der Waals surface area contributed by atoms with Gasteiger partial charge in [0, 0.05) is 18.5 Å². The number of piperidine rings is 1. The Morgan fingerprint density at radius 1 is 1.13 bits per heavy atom. The zero-order valence-electron chi connectivity index (χ0n) is 17.7. The van der Waals surface area contributed by atoms with E-state index in [0.29, 0.717) is 50.5 Å². The highest BCUT2D eigenvalue weighted by Crippen LogP contribution is 2.19. The molecule has 8 nitrogen and oxygen atoms in total. The molecule has 0 saturated carbocycles. The minimum atomic E-state index is -0.573. The van der Waals surface area contributed by atoms with Crippen molar-refractivity contribution in [2.24, 2.45) is 5.92 Å². The molecule has 1 amide bonds. The predicted molar refractivity (Wildman–Crippen MR) is 114 cm³/mol. The Hall–Kier alpha value is -2.94. The molecule has 3 rings (SSSR count). The molecular weight excluding hydrogens is 420 g/mol. The van der Waals surface area contributed by atoms with E-state index >= 15 is 0 Å². The first kappa shape index (κ1) is 22.7. The number of esters is 2. The van der Waals surface area contributed by atoms with Gasteiger partial charge in [0.05, 0.1) is 28.8 Å². The molecule has 1 aromatic carbocycles. The monoisotopic (exact) mass is 446 g/mol. The minimum absolute atomic E-state index is 0.174. The molecule has 0 atom stereocenters. The summed E-state index contributed by atoms with van der Waals surface area (Å²) < 4.78 is 15.8. The Balaban J connectivity index is 1.41. The number of carbonyl (C=O) groups is 3. The molecule has 1 fully saturated rings. The minimum Gasteiger partial charge on any atom is -0.487 e. The molecule has 31 heavy (non-hydrogen) atoms. The van der Waals surface area contributed by atoms with Gasteiger partial charge in [0.15, 0.2) is 6.61 Å². The summed E-state index contributed by atoms with van der Waals surface area (Å²) >= 11 is 1.56. The molecule has 1 saturated heterocycles. The van der Waals surface area contributed by atoms with Gasteiger partial charge in [0.2, 0.25) is 0 Å². The Morgan fingerprint density at radius 2 is 1.84 bits per heavy atom. The van der Waals surface area contributed by atoms with Crippen LogP contribution in [0.2, 0.25) is 0 Å². The summed E-state index contributed by atoms with van der Waals surface area (Å²) in [6.07, 6.45) is 1.11. The molecule has 0 radical (unpaired) electrons. The van der Waals surface area contributed by atoms with Crippen molar-refractivity contribution in [1.82, 2.24) is 9.88 Å². The van der Waals surface area contributed by atoms with E-state index in [-0.39, 0.29) is 24.4 Å². The second kappa shape index (κ2) is 10.9. The number of carbonyl (C=O) groups excluding carboxylic acids is 3. The van der Waals surface area contributed by atoms with Crippen LogP contribution in [0, 0.1) is 12.8 Å². The Morgan fingerprint density at radius 3 is 2.45 bits per heavy atom. The fourth-order valence-corrected chi connectivity index (χ4v) is 3.84. The number of hydrogen-bond donors (Lipinski definition) is 0. The number of aromatic nitrogens is 1. The summed E-state index contributed by atoms with van der Waals surface area (Å²) in [6, 6.07) is 6.55. The molecule has 1 aromatic heterocycles. The van der Waals surface area contributed by atoms with E-state index in [0.717, 1.165) is 10.7 Å². The maximum absolute atomic E-state index is 12.3. The molecule has 166 valence electrons. The number of rotatable bonds is 8. The van der Waals surface area contributed by atoms with Gasteiger partial charge >= 0.3 is 11.9 Å². The van der Waals surface area contributed by atoms with E-state index in [1.807, 2.05) is 12.3 Å². The maximum atomic E-state index is 12.3. The summed E-state index contributed by atoms with van der Waals surface area (Å²) in [5.74, 6) is -0.615. The average molecular weight is 447 g/mol. The number of aryl methyl sites for hydroxylation is 1. The van der Waals surface area contributed by atoms with Crippen LogP contribution >= 0.6 is 11.3 Å². The highest BCUT2D eigenvalue weighted by atomic mass is 32.1. The number of nitrogens with zero attached hydrogens (tertiary/aromatic N) is 2. The van der Waals surface area contributed by atoms with E-state index < -0.39 is 5.97 Å². The zero-order valence-corrected chi connectivity index (χ0v) is 18.5. The van der Waals surface area contributed by atoms with Crippen LogP contribution < -0.4 is 4.74 Å². The van der Waals surface area contributed by atoms with Crippen molar-refractivity contribution in [3.8, 4) is 5.75 Å². The Bertz CT molecular complexity index is 903. The highest BCUT2D eigenvalue weighted by Gasteiger charge is 2.28. The summed E-state index contributed by atoms with van der Waals surface area (Å²) in [6.45, 7) is 4.99. The van der Waals surface area contributed by atoms with Crippen LogP contribution in [-0.2, 0) is 25.7 Å². The number of amides is 1. The Labute approximate surface area is 185 Å². The van der Waals surface area contributed by atoms with Gasteiger partial charge in [-0.3, -0.25) is 9.59 Å². The van der Waals surface area contributed by atoms with Crippen LogP contribution in [0.4, 0.5) is 0 Å². The maximum Gasteiger partial charge on any atom is 0.338 e. The lowest BCUT2D eigenvalue weighted by atomic mass is 9.97. The van der Waals surface area contributed by atoms with Gasteiger partial charge in [-0.2, -0.15) is 0 Å². The molecule has 2 heterocycles. The molecule has 0 N–H and O–H groups in total. The molecule has 9 heteroatoms. The molecule has 0 aliphatic carbocycles. The third-order valence-corrected chi connectivity index (χ3v) is 5.76. The standard InChI is InChI=1S/C22H26N2O6S/c1-3-28-21(26)17-8-10-24(11-9-17)20(25)13-30-22(27)16-4-6-19(7-5-16)29-12-18-14-31-15(2)23-18/h4-7,14,17H,3,8-13H2,1-2H3. The summed E-state index contributed by atoms with van der Waals surface area (Å²) in [4.78, 5) is 42.3. The summed E-state index contributed by atoms with van der Waals surface area (Å²) in [5.41, 5.74) is 1.20. The Kier molecular flexibility index (Phi) is 8.00. The molecule has 1 aliphatic heterocycles. The van der Waals surface area contributed by atoms with Crippen molar-refractivity contribution in [2.45, 2.75) is 33.3 Å². The third kappa shape index (κ3) is 6.52. The van der Waals surface area contributed by atoms with Crippen molar-refractivity contribution < 1.29 is 28.6 Å². The lowest BCUT2D eigenvalue weighted by Crippen LogP contribution is -2.42. The zero-order chi connectivity index (χ0) is 22.2. The number of thiazole rings is 1. The third-order valence-electron chi connectivity index (χ3n) is 4.94. The van der Waals surface area contributed by atoms with Crippen molar-refractivity contribution >= 4 is 29.2 Å². The van der Waals surface area contributed by atoms with Crippen molar-refractivity contribution in [2.75, 3.05) is 26.3 Å². The topological polar surface area (TPSA) is 95.0 Å². The van der Waals surface area contributed by atoms with E-state index in [1.165, 1.54) is 0 Å². The first-order chi connectivity index (χ1) is 15.0. The SMILES string of the molecule is CCOC(=O)C1CCN(C(=O)COC(=O)c2ccc(OCc3csc(C)n3)cc2)CC1. The van der Waals surface area contributed by atoms with Gasteiger partial charge < -0.3 is 19.1 Å². The van der Waals surface area contributed by atoms with Crippen LogP contribution in [-0.4, -0.2) is 54.0 Å². The summed E-state index contributed by atoms with van der Waals surface area (Å²) in [7, 11) is 0. The summed E-state index contributed by atoms with van der Waals surface area (Å²) in [5, 5.41) is 2.92. The second-order valence-electron chi connectivity index (χ2n) is 7.15. The van der Waals surface area contributed by atoms with Crippen LogP contribution in [0.15, 0.2) is 29.6 Å². The lowest BCUT2D eigenvalue weighted by Gasteiger charge is -2.30. The predicted octanol–water partition coefficient (Wildman–Crippen LogP) is 2.99. The average Bonchev–Trinajstić information content (AvgIpc) is 3.21. The molecular formula is C22H26N2O6S. The fourth-order valence-electron chi connectivity index (χ4n) is 3.25. The van der Waals surface area contributed by atoms with Crippen molar-refractivity contribution in [3.63, 3.8) is 0 Å². The van der Waals surface area contributed by atoms with E-state index in [9.17, 15) is 14.4 Å². The van der Waals surface area contributed by atoms with Crippen molar-refractivity contribution in [3.05, 3.63) is 45.9 Å². The van der Waals surface area contributed by atoms with E-state index in [4.69, 9.17) is 14.2 Å². The van der Waals surface area contributed by atoms with Gasteiger partial charge in [-0.1, -0.05) is 0 Å². The normalized spacial score (nSPS) is 14.2. The largest absolute Gasteiger partial charge is 0.487 e. The van der Waals surface area contributed by atoms with Gasteiger partial charge in [-0.05, 0) is 51.0 Å².